The van der Waals surface area contributed by atoms with Crippen LogP contribution in [0, 0.1) is 0 Å². The van der Waals surface area contributed by atoms with E-state index in [9.17, 15) is 26.4 Å². The lowest BCUT2D eigenvalue weighted by molar-refractivity contribution is -0.200. The number of halogens is 3. The molecule has 0 fully saturated rings. The molecule has 0 amide bonds. The minimum Gasteiger partial charge on any atom is -0.478 e. The predicted octanol–water partition coefficient (Wildman–Crippen LogP) is 0.727. The first-order chi connectivity index (χ1) is 9.51. The molecule has 118 valence electrons. The molecule has 3 N–H and O–H groups in total. The largest absolute Gasteiger partial charge is 0.478 e. The van der Waals surface area contributed by atoms with Crippen LogP contribution in [0.25, 0.3) is 0 Å². The van der Waals surface area contributed by atoms with E-state index in [1.807, 2.05) is 0 Å². The Hall–Kier alpha value is -1.65. The summed E-state index contributed by atoms with van der Waals surface area (Å²) in [6, 6.07) is 4.99. The van der Waals surface area contributed by atoms with Crippen molar-refractivity contribution < 1.29 is 36.6 Å². The molecule has 0 spiro atoms. The van der Waals surface area contributed by atoms with Gasteiger partial charge in [0.2, 0.25) is 10.0 Å². The Kier molecular flexibility index (Phi) is 5.31. The number of rotatable bonds is 6. The van der Waals surface area contributed by atoms with Crippen LogP contribution in [0.2, 0.25) is 0 Å². The van der Waals surface area contributed by atoms with Crippen LogP contribution < -0.4 is 4.72 Å². The number of aliphatic hydroxyl groups is 1. The van der Waals surface area contributed by atoms with Crippen molar-refractivity contribution >= 4 is 16.0 Å². The van der Waals surface area contributed by atoms with E-state index in [1.54, 1.807) is 4.72 Å². The molecule has 0 radical (unpaired) electrons. The summed E-state index contributed by atoms with van der Waals surface area (Å²) in [5.41, 5.74) is -0.0399. The van der Waals surface area contributed by atoms with Crippen LogP contribution in [-0.2, 0) is 15.8 Å². The third kappa shape index (κ3) is 5.69. The molecule has 0 bridgehead atoms. The van der Waals surface area contributed by atoms with Crippen molar-refractivity contribution in [2.24, 2.45) is 0 Å². The summed E-state index contributed by atoms with van der Waals surface area (Å²) in [5.74, 6) is -1.95. The average molecular weight is 327 g/mol. The number of sulfonamides is 1. The first-order valence-electron chi connectivity index (χ1n) is 5.55. The number of carbonyl (C=O) groups is 1. The number of alkyl halides is 3. The molecule has 21 heavy (non-hydrogen) atoms. The maximum Gasteiger partial charge on any atom is 0.415 e. The second-order valence-electron chi connectivity index (χ2n) is 4.17. The van der Waals surface area contributed by atoms with Gasteiger partial charge in [0, 0.05) is 6.54 Å². The lowest BCUT2D eigenvalue weighted by Gasteiger charge is -2.15. The van der Waals surface area contributed by atoms with Crippen molar-refractivity contribution in [3.8, 4) is 0 Å². The molecular formula is C11H12F3NO5S. The van der Waals surface area contributed by atoms with Gasteiger partial charge in [-0.05, 0) is 17.7 Å². The number of nitrogens with one attached hydrogen (secondary N) is 1. The molecular weight excluding hydrogens is 315 g/mol. The van der Waals surface area contributed by atoms with Crippen LogP contribution in [0.3, 0.4) is 0 Å². The fourth-order valence-corrected chi connectivity index (χ4v) is 2.52. The first kappa shape index (κ1) is 17.4. The van der Waals surface area contributed by atoms with Crippen LogP contribution in [0.5, 0.6) is 0 Å². The van der Waals surface area contributed by atoms with Gasteiger partial charge < -0.3 is 10.2 Å². The average Bonchev–Trinajstić information content (AvgIpc) is 2.34. The summed E-state index contributed by atoms with van der Waals surface area (Å²) >= 11 is 0. The molecule has 0 aliphatic rings. The topological polar surface area (TPSA) is 104 Å². The van der Waals surface area contributed by atoms with Crippen LogP contribution in [-0.4, -0.2) is 43.4 Å². The van der Waals surface area contributed by atoms with Crippen LogP contribution in [0.1, 0.15) is 15.9 Å². The summed E-state index contributed by atoms with van der Waals surface area (Å²) in [6.45, 7) is -1.20. The van der Waals surface area contributed by atoms with Gasteiger partial charge in [0.1, 0.15) is 0 Å². The lowest BCUT2D eigenvalue weighted by Crippen LogP contribution is -2.41. The minimum absolute atomic E-state index is 0.101. The Labute approximate surface area is 118 Å². The Morgan fingerprint density at radius 3 is 2.48 bits per heavy atom. The zero-order valence-corrected chi connectivity index (χ0v) is 11.3. The maximum absolute atomic E-state index is 12.0. The monoisotopic (exact) mass is 327 g/mol. The zero-order valence-electron chi connectivity index (χ0n) is 10.5. The lowest BCUT2D eigenvalue weighted by atomic mass is 10.1. The normalized spacial score (nSPS) is 13.9. The van der Waals surface area contributed by atoms with E-state index in [0.717, 1.165) is 6.07 Å². The summed E-state index contributed by atoms with van der Waals surface area (Å²) < 4.78 is 60.9. The molecule has 10 heteroatoms. The van der Waals surface area contributed by atoms with Gasteiger partial charge in [0.15, 0.2) is 6.10 Å². The minimum atomic E-state index is -4.92. The van der Waals surface area contributed by atoms with Gasteiger partial charge in [-0.15, -0.1) is 0 Å². The fourth-order valence-electron chi connectivity index (χ4n) is 1.39. The Morgan fingerprint density at radius 2 is 1.95 bits per heavy atom. The van der Waals surface area contributed by atoms with E-state index in [1.165, 1.54) is 18.2 Å². The summed E-state index contributed by atoms with van der Waals surface area (Å²) in [4.78, 5) is 10.7. The van der Waals surface area contributed by atoms with Crippen LogP contribution >= 0.6 is 0 Å². The fraction of sp³-hybridized carbons (Fsp3) is 0.364. The van der Waals surface area contributed by atoms with Gasteiger partial charge in [-0.2, -0.15) is 13.2 Å². The maximum atomic E-state index is 12.0. The van der Waals surface area contributed by atoms with E-state index in [0.29, 0.717) is 0 Å². The predicted molar refractivity (Wildman–Crippen MR) is 66.1 cm³/mol. The van der Waals surface area contributed by atoms with Crippen molar-refractivity contribution in [3.63, 3.8) is 0 Å². The number of carboxylic acids is 1. The van der Waals surface area contributed by atoms with Crippen molar-refractivity contribution in [1.29, 1.82) is 0 Å². The summed E-state index contributed by atoms with van der Waals surface area (Å²) in [7, 11) is -4.14. The molecule has 1 aromatic rings. The third-order valence-electron chi connectivity index (χ3n) is 2.41. The third-order valence-corrected chi connectivity index (χ3v) is 3.72. The van der Waals surface area contributed by atoms with Gasteiger partial charge in [-0.3, -0.25) is 0 Å². The van der Waals surface area contributed by atoms with Gasteiger partial charge in [-0.1, -0.05) is 12.1 Å². The number of aliphatic hydroxyl groups excluding tert-OH is 1. The second-order valence-corrected chi connectivity index (χ2v) is 5.98. The molecule has 0 heterocycles. The molecule has 1 atom stereocenters. The molecule has 1 rings (SSSR count). The Balaban J connectivity index is 2.73. The highest BCUT2D eigenvalue weighted by molar-refractivity contribution is 7.88. The first-order valence-corrected chi connectivity index (χ1v) is 7.21. The highest BCUT2D eigenvalue weighted by Crippen LogP contribution is 2.19. The van der Waals surface area contributed by atoms with Crippen molar-refractivity contribution in [2.45, 2.75) is 18.0 Å². The van der Waals surface area contributed by atoms with Gasteiger partial charge in [0.05, 0.1) is 11.3 Å². The number of hydrogen-bond acceptors (Lipinski definition) is 4. The highest BCUT2D eigenvalue weighted by Gasteiger charge is 2.38. The molecule has 1 unspecified atom stereocenters. The Bertz CT molecular complexity index is 615. The van der Waals surface area contributed by atoms with E-state index >= 15 is 0 Å². The van der Waals surface area contributed by atoms with E-state index < -0.39 is 40.6 Å². The molecule has 0 aromatic heterocycles. The van der Waals surface area contributed by atoms with E-state index in [2.05, 4.69) is 0 Å². The quantitative estimate of drug-likeness (QED) is 0.714. The zero-order chi connectivity index (χ0) is 16.3. The standard InChI is InChI=1S/C11H12F3NO5S/c12-11(13,14)9(16)5-15-21(19,20)6-7-2-1-3-8(4-7)10(17)18/h1-4,9,15-16H,5-6H2,(H,17,18). The second kappa shape index (κ2) is 6.41. The van der Waals surface area contributed by atoms with Crippen molar-refractivity contribution in [3.05, 3.63) is 35.4 Å². The van der Waals surface area contributed by atoms with E-state index in [-0.39, 0.29) is 11.1 Å². The summed E-state index contributed by atoms with van der Waals surface area (Å²) in [6.07, 6.45) is -7.73. The SMILES string of the molecule is O=C(O)c1cccc(CS(=O)(=O)NCC(O)C(F)(F)F)c1. The number of hydrogen-bond donors (Lipinski definition) is 3. The number of carboxylic acid groups (broad SMARTS) is 1. The van der Waals surface area contributed by atoms with Crippen molar-refractivity contribution in [2.75, 3.05) is 6.54 Å². The van der Waals surface area contributed by atoms with Crippen LogP contribution in [0.15, 0.2) is 24.3 Å². The van der Waals surface area contributed by atoms with Gasteiger partial charge in [0.25, 0.3) is 0 Å². The molecule has 0 saturated heterocycles. The molecule has 0 aliphatic heterocycles. The Morgan fingerprint density at radius 1 is 1.33 bits per heavy atom. The highest BCUT2D eigenvalue weighted by atomic mass is 32.2. The summed E-state index contributed by atoms with van der Waals surface area (Å²) in [5, 5.41) is 17.5. The number of aromatic carboxylic acids is 1. The van der Waals surface area contributed by atoms with Gasteiger partial charge in [-0.25, -0.2) is 17.9 Å². The molecule has 6 nitrogen and oxygen atoms in total. The number of benzene rings is 1. The smallest absolute Gasteiger partial charge is 0.415 e. The molecule has 0 saturated carbocycles. The molecule has 1 aromatic carbocycles. The molecule has 0 aliphatic carbocycles. The van der Waals surface area contributed by atoms with E-state index in [4.69, 9.17) is 10.2 Å². The van der Waals surface area contributed by atoms with Crippen LogP contribution in [0.4, 0.5) is 13.2 Å². The van der Waals surface area contributed by atoms with Gasteiger partial charge >= 0.3 is 12.1 Å². The van der Waals surface area contributed by atoms with Crippen molar-refractivity contribution in [1.82, 2.24) is 4.72 Å².